The van der Waals surface area contributed by atoms with Crippen LogP contribution in [0, 0.1) is 13.8 Å². The van der Waals surface area contributed by atoms with Crippen LogP contribution in [0.15, 0.2) is 36.4 Å². The number of anilines is 1. The van der Waals surface area contributed by atoms with Gasteiger partial charge in [0.1, 0.15) is 5.75 Å². The van der Waals surface area contributed by atoms with Crippen LogP contribution in [0.25, 0.3) is 6.08 Å². The fourth-order valence-electron chi connectivity index (χ4n) is 1.93. The molecule has 0 radical (unpaired) electrons. The third kappa shape index (κ3) is 4.46. The first-order chi connectivity index (χ1) is 10.6. The van der Waals surface area contributed by atoms with Crippen molar-refractivity contribution in [1.29, 1.82) is 0 Å². The average Bonchev–Trinajstić information content (AvgIpc) is 2.81. The number of amides is 1. The van der Waals surface area contributed by atoms with E-state index >= 15 is 0 Å². The van der Waals surface area contributed by atoms with E-state index in [4.69, 9.17) is 4.74 Å². The number of aryl methyl sites for hydroxylation is 2. The van der Waals surface area contributed by atoms with Gasteiger partial charge in [0.2, 0.25) is 5.91 Å². The van der Waals surface area contributed by atoms with Crippen molar-refractivity contribution >= 4 is 28.3 Å². The molecule has 2 rings (SSSR count). The van der Waals surface area contributed by atoms with Gasteiger partial charge in [0.25, 0.3) is 0 Å². The van der Waals surface area contributed by atoms with Gasteiger partial charge in [-0.2, -0.15) is 0 Å². The molecule has 0 aliphatic heterocycles. The van der Waals surface area contributed by atoms with Gasteiger partial charge < -0.3 is 10.1 Å². The normalized spacial score (nSPS) is 10.9. The first kappa shape index (κ1) is 16.3. The summed E-state index contributed by atoms with van der Waals surface area (Å²) in [5.74, 6) is 0.669. The molecule has 1 heterocycles. The van der Waals surface area contributed by atoms with Crippen molar-refractivity contribution < 1.29 is 9.53 Å². The van der Waals surface area contributed by atoms with Crippen LogP contribution < -0.4 is 10.1 Å². The highest BCUT2D eigenvalue weighted by atomic mass is 32.1. The van der Waals surface area contributed by atoms with Gasteiger partial charge >= 0.3 is 0 Å². The Hall–Kier alpha value is -2.07. The van der Waals surface area contributed by atoms with E-state index in [-0.39, 0.29) is 5.91 Å². The summed E-state index contributed by atoms with van der Waals surface area (Å²) in [6, 6.07) is 9.71. The Bertz CT molecular complexity index is 654. The minimum Gasteiger partial charge on any atom is -0.493 e. The lowest BCUT2D eigenvalue weighted by atomic mass is 10.2. The van der Waals surface area contributed by atoms with E-state index in [1.54, 1.807) is 23.5 Å². The maximum atomic E-state index is 12.0. The number of carbonyl (C=O) groups is 1. The van der Waals surface area contributed by atoms with E-state index in [2.05, 4.69) is 12.2 Å². The van der Waals surface area contributed by atoms with E-state index < -0.39 is 0 Å². The molecule has 0 aliphatic rings. The zero-order chi connectivity index (χ0) is 15.9. The van der Waals surface area contributed by atoms with Crippen molar-refractivity contribution in [3.8, 4) is 5.75 Å². The topological polar surface area (TPSA) is 38.3 Å². The standard InChI is InChI=1S/C18H21NO2S/c1-4-11-21-16-8-6-5-7-15(16)9-10-17(20)19-18-12-13(2)14(3)22-18/h5-10,12H,4,11H2,1-3H3,(H,19,20)/b10-9+. The summed E-state index contributed by atoms with van der Waals surface area (Å²) < 4.78 is 5.68. The third-order valence-electron chi connectivity index (χ3n) is 3.21. The molecule has 22 heavy (non-hydrogen) atoms. The van der Waals surface area contributed by atoms with Gasteiger partial charge in [0.15, 0.2) is 0 Å². The highest BCUT2D eigenvalue weighted by Crippen LogP contribution is 2.25. The van der Waals surface area contributed by atoms with Crippen LogP contribution in [0.2, 0.25) is 0 Å². The summed E-state index contributed by atoms with van der Waals surface area (Å²) >= 11 is 1.59. The molecule has 0 saturated heterocycles. The molecule has 1 N–H and O–H groups in total. The van der Waals surface area contributed by atoms with E-state index in [0.717, 1.165) is 22.7 Å². The Morgan fingerprint density at radius 1 is 1.32 bits per heavy atom. The lowest BCUT2D eigenvalue weighted by molar-refractivity contribution is -0.111. The fraction of sp³-hybridized carbons (Fsp3) is 0.278. The fourth-order valence-corrected chi connectivity index (χ4v) is 2.86. The third-order valence-corrected chi connectivity index (χ3v) is 4.28. The summed E-state index contributed by atoms with van der Waals surface area (Å²) in [6.45, 7) is 6.83. The first-order valence-electron chi connectivity index (χ1n) is 7.38. The number of hydrogen-bond acceptors (Lipinski definition) is 3. The molecule has 0 unspecified atom stereocenters. The first-order valence-corrected chi connectivity index (χ1v) is 8.19. The van der Waals surface area contributed by atoms with Gasteiger partial charge in [0, 0.05) is 16.5 Å². The molecule has 1 amide bonds. The summed E-state index contributed by atoms with van der Waals surface area (Å²) in [4.78, 5) is 13.2. The lowest BCUT2D eigenvalue weighted by Gasteiger charge is -2.07. The highest BCUT2D eigenvalue weighted by Gasteiger charge is 2.04. The van der Waals surface area contributed by atoms with E-state index in [9.17, 15) is 4.79 Å². The minimum absolute atomic E-state index is 0.133. The molecule has 3 nitrogen and oxygen atoms in total. The van der Waals surface area contributed by atoms with Crippen LogP contribution >= 0.6 is 11.3 Å². The summed E-state index contributed by atoms with van der Waals surface area (Å²) in [7, 11) is 0. The molecule has 1 aromatic carbocycles. The lowest BCUT2D eigenvalue weighted by Crippen LogP contribution is -2.06. The van der Waals surface area contributed by atoms with Crippen LogP contribution in [-0.2, 0) is 4.79 Å². The number of hydrogen-bond donors (Lipinski definition) is 1. The van der Waals surface area contributed by atoms with Crippen molar-refractivity contribution in [3.63, 3.8) is 0 Å². The van der Waals surface area contributed by atoms with Crippen LogP contribution in [-0.4, -0.2) is 12.5 Å². The Kier molecular flexibility index (Phi) is 5.78. The predicted molar refractivity (Wildman–Crippen MR) is 93.7 cm³/mol. The highest BCUT2D eigenvalue weighted by molar-refractivity contribution is 7.16. The predicted octanol–water partition coefficient (Wildman–Crippen LogP) is 4.81. The molecule has 116 valence electrons. The average molecular weight is 315 g/mol. The molecular formula is C18H21NO2S. The van der Waals surface area contributed by atoms with E-state index in [0.29, 0.717) is 6.61 Å². The molecule has 0 aliphatic carbocycles. The molecule has 0 saturated carbocycles. The van der Waals surface area contributed by atoms with Gasteiger partial charge in [-0.1, -0.05) is 25.1 Å². The summed E-state index contributed by atoms with van der Waals surface area (Å²) in [5.41, 5.74) is 2.10. The number of rotatable bonds is 6. The Morgan fingerprint density at radius 3 is 2.77 bits per heavy atom. The monoisotopic (exact) mass is 315 g/mol. The van der Waals surface area contributed by atoms with Crippen LogP contribution in [0.4, 0.5) is 5.00 Å². The van der Waals surface area contributed by atoms with Crippen molar-refractivity contribution in [1.82, 2.24) is 0 Å². The van der Waals surface area contributed by atoms with Crippen molar-refractivity contribution in [2.45, 2.75) is 27.2 Å². The largest absolute Gasteiger partial charge is 0.493 e. The number of thiophene rings is 1. The van der Waals surface area contributed by atoms with E-state index in [1.807, 2.05) is 44.2 Å². The Labute approximate surface area is 135 Å². The smallest absolute Gasteiger partial charge is 0.248 e. The number of para-hydroxylation sites is 1. The van der Waals surface area contributed by atoms with Crippen LogP contribution in [0.5, 0.6) is 5.75 Å². The SMILES string of the molecule is CCCOc1ccccc1/C=C/C(=O)Nc1cc(C)c(C)s1. The van der Waals surface area contributed by atoms with E-state index in [1.165, 1.54) is 10.4 Å². The number of carbonyl (C=O) groups excluding carboxylic acids is 1. The second-order valence-corrected chi connectivity index (χ2v) is 6.32. The van der Waals surface area contributed by atoms with Crippen molar-refractivity contribution in [3.05, 3.63) is 52.4 Å². The maximum Gasteiger partial charge on any atom is 0.248 e. The second kappa shape index (κ2) is 7.80. The van der Waals surface area contributed by atoms with Gasteiger partial charge in [-0.3, -0.25) is 4.79 Å². The van der Waals surface area contributed by atoms with Gasteiger partial charge in [-0.25, -0.2) is 0 Å². The number of ether oxygens (including phenoxy) is 1. The number of nitrogens with one attached hydrogen (secondary N) is 1. The Morgan fingerprint density at radius 2 is 2.09 bits per heavy atom. The molecule has 1 aromatic heterocycles. The molecule has 4 heteroatoms. The Balaban J connectivity index is 2.03. The maximum absolute atomic E-state index is 12.0. The molecule has 0 bridgehead atoms. The quantitative estimate of drug-likeness (QED) is 0.777. The van der Waals surface area contributed by atoms with Gasteiger partial charge in [-0.15, -0.1) is 11.3 Å². The van der Waals surface area contributed by atoms with Gasteiger partial charge in [-0.05, 0) is 44.0 Å². The molecule has 0 spiro atoms. The number of benzene rings is 1. The zero-order valence-corrected chi connectivity index (χ0v) is 14.0. The molecule has 0 fully saturated rings. The second-order valence-electron chi connectivity index (χ2n) is 5.06. The van der Waals surface area contributed by atoms with Crippen LogP contribution in [0.3, 0.4) is 0 Å². The summed E-state index contributed by atoms with van der Waals surface area (Å²) in [6.07, 6.45) is 4.28. The molecular weight excluding hydrogens is 294 g/mol. The van der Waals surface area contributed by atoms with Crippen molar-refractivity contribution in [2.75, 3.05) is 11.9 Å². The molecule has 2 aromatic rings. The summed E-state index contributed by atoms with van der Waals surface area (Å²) in [5, 5.41) is 3.76. The van der Waals surface area contributed by atoms with Crippen LogP contribution in [0.1, 0.15) is 29.3 Å². The minimum atomic E-state index is -0.133. The molecule has 0 atom stereocenters. The zero-order valence-electron chi connectivity index (χ0n) is 13.2. The van der Waals surface area contributed by atoms with Crippen molar-refractivity contribution in [2.24, 2.45) is 0 Å². The van der Waals surface area contributed by atoms with Gasteiger partial charge in [0.05, 0.1) is 11.6 Å².